The first-order valence-electron chi connectivity index (χ1n) is 8.43. The number of rotatable bonds is 5. The highest BCUT2D eigenvalue weighted by atomic mass is 19.4. The van der Waals surface area contributed by atoms with E-state index in [9.17, 15) is 22.8 Å². The minimum Gasteiger partial charge on any atom is -0.465 e. The molecule has 1 aliphatic rings. The van der Waals surface area contributed by atoms with Crippen molar-refractivity contribution >= 4 is 11.8 Å². The smallest absolute Gasteiger partial charge is 0.391 e. The summed E-state index contributed by atoms with van der Waals surface area (Å²) in [5.41, 5.74) is 1.16. The third kappa shape index (κ3) is 4.80. The Morgan fingerprint density at radius 2 is 1.88 bits per heavy atom. The maximum atomic E-state index is 12.8. The Kier molecular flexibility index (Phi) is 6.19. The fourth-order valence-corrected chi connectivity index (χ4v) is 3.23. The van der Waals surface area contributed by atoms with Gasteiger partial charge in [-0.05, 0) is 51.2 Å². The Balaban J connectivity index is 2.16. The number of halogens is 3. The second-order valence-electron chi connectivity index (χ2n) is 6.41. The molecule has 0 aromatic carbocycles. The summed E-state index contributed by atoms with van der Waals surface area (Å²) in [6.45, 7) is 3.55. The number of hydrogen-bond donors (Lipinski definition) is 0. The number of esters is 1. The number of carbonyl (C=O) groups excluding carboxylic acids is 2. The Morgan fingerprint density at radius 1 is 1.24 bits per heavy atom. The molecule has 0 aliphatic heterocycles. The van der Waals surface area contributed by atoms with E-state index in [-0.39, 0.29) is 38.1 Å². The standard InChI is InChI=1S/C18H22F3NO3/c1-3-25-17(24)15(13-5-4-11(2)22-10-13)16(23)12-6-8-14(9-7-12)18(19,20)21/h4-5,10,12,14-15H,3,6-9H2,1-2H3. The summed E-state index contributed by atoms with van der Waals surface area (Å²) in [7, 11) is 0. The number of carbonyl (C=O) groups is 2. The van der Waals surface area contributed by atoms with Crippen LogP contribution >= 0.6 is 0 Å². The van der Waals surface area contributed by atoms with E-state index in [4.69, 9.17) is 4.74 Å². The fraction of sp³-hybridized carbons (Fsp3) is 0.611. The molecule has 1 aromatic heterocycles. The Morgan fingerprint density at radius 3 is 2.36 bits per heavy atom. The van der Waals surface area contributed by atoms with E-state index in [1.807, 2.05) is 0 Å². The normalized spacial score (nSPS) is 22.3. The lowest BCUT2D eigenvalue weighted by Crippen LogP contribution is -2.34. The van der Waals surface area contributed by atoms with Gasteiger partial charge in [0.05, 0.1) is 12.5 Å². The van der Waals surface area contributed by atoms with Crippen LogP contribution in [0.3, 0.4) is 0 Å². The van der Waals surface area contributed by atoms with Crippen molar-refractivity contribution in [3.63, 3.8) is 0 Å². The number of aromatic nitrogens is 1. The summed E-state index contributed by atoms with van der Waals surface area (Å²) in [5.74, 6) is -4.09. The SMILES string of the molecule is CCOC(=O)C(C(=O)C1CCC(C(F)(F)F)CC1)c1ccc(C)nc1. The van der Waals surface area contributed by atoms with Gasteiger partial charge in [-0.25, -0.2) is 0 Å². The van der Waals surface area contributed by atoms with Crippen molar-refractivity contribution in [2.45, 2.75) is 51.6 Å². The van der Waals surface area contributed by atoms with Gasteiger partial charge in [-0.2, -0.15) is 13.2 Å². The highest BCUT2D eigenvalue weighted by molar-refractivity contribution is 6.05. The van der Waals surface area contributed by atoms with Crippen LogP contribution in [-0.4, -0.2) is 29.5 Å². The maximum Gasteiger partial charge on any atom is 0.391 e. The molecule has 0 saturated heterocycles. The summed E-state index contributed by atoms with van der Waals surface area (Å²) in [6.07, 6.45) is -2.66. The van der Waals surface area contributed by atoms with Gasteiger partial charge in [-0.15, -0.1) is 0 Å². The van der Waals surface area contributed by atoms with E-state index < -0.39 is 29.9 Å². The van der Waals surface area contributed by atoms with Gasteiger partial charge in [0, 0.05) is 17.8 Å². The number of ether oxygens (including phenoxy) is 1. The van der Waals surface area contributed by atoms with E-state index >= 15 is 0 Å². The lowest BCUT2D eigenvalue weighted by molar-refractivity contribution is -0.184. The summed E-state index contributed by atoms with van der Waals surface area (Å²) in [5, 5.41) is 0. The molecule has 0 amide bonds. The van der Waals surface area contributed by atoms with Crippen molar-refractivity contribution in [3.05, 3.63) is 29.6 Å². The monoisotopic (exact) mass is 357 g/mol. The Bertz CT molecular complexity index is 605. The Labute approximate surface area is 144 Å². The average molecular weight is 357 g/mol. The highest BCUT2D eigenvalue weighted by Crippen LogP contribution is 2.41. The van der Waals surface area contributed by atoms with Crippen LogP contribution in [0.4, 0.5) is 13.2 Å². The van der Waals surface area contributed by atoms with Crippen molar-refractivity contribution in [1.82, 2.24) is 4.98 Å². The molecule has 138 valence electrons. The zero-order chi connectivity index (χ0) is 18.6. The van der Waals surface area contributed by atoms with Crippen LogP contribution in [0.2, 0.25) is 0 Å². The molecule has 1 aliphatic carbocycles. The number of nitrogens with zero attached hydrogens (tertiary/aromatic N) is 1. The molecule has 1 fully saturated rings. The third-order valence-corrected chi connectivity index (χ3v) is 4.67. The van der Waals surface area contributed by atoms with Gasteiger partial charge in [-0.1, -0.05) is 6.07 Å². The molecule has 1 heterocycles. The fourth-order valence-electron chi connectivity index (χ4n) is 3.23. The van der Waals surface area contributed by atoms with Crippen LogP contribution in [0.5, 0.6) is 0 Å². The molecule has 25 heavy (non-hydrogen) atoms. The van der Waals surface area contributed by atoms with E-state index in [1.165, 1.54) is 6.20 Å². The molecule has 1 aromatic rings. The van der Waals surface area contributed by atoms with Crippen LogP contribution < -0.4 is 0 Å². The zero-order valence-electron chi connectivity index (χ0n) is 14.3. The van der Waals surface area contributed by atoms with Crippen LogP contribution in [-0.2, 0) is 14.3 Å². The lowest BCUT2D eigenvalue weighted by atomic mass is 9.76. The molecule has 1 unspecified atom stereocenters. The Hall–Kier alpha value is -1.92. The molecule has 1 atom stereocenters. The van der Waals surface area contributed by atoms with Crippen molar-refractivity contribution in [2.24, 2.45) is 11.8 Å². The number of hydrogen-bond acceptors (Lipinski definition) is 4. The van der Waals surface area contributed by atoms with Crippen molar-refractivity contribution in [3.8, 4) is 0 Å². The molecule has 0 N–H and O–H groups in total. The van der Waals surface area contributed by atoms with E-state index in [0.717, 1.165) is 5.69 Å². The second kappa shape index (κ2) is 7.97. The van der Waals surface area contributed by atoms with Crippen molar-refractivity contribution < 1.29 is 27.5 Å². The first-order chi connectivity index (χ1) is 11.7. The molecule has 7 heteroatoms. The van der Waals surface area contributed by atoms with Crippen LogP contribution in [0, 0.1) is 18.8 Å². The quantitative estimate of drug-likeness (QED) is 0.591. The van der Waals surface area contributed by atoms with Gasteiger partial charge < -0.3 is 4.74 Å². The van der Waals surface area contributed by atoms with Crippen LogP contribution in [0.25, 0.3) is 0 Å². The van der Waals surface area contributed by atoms with E-state index in [2.05, 4.69) is 4.98 Å². The molecule has 0 bridgehead atoms. The van der Waals surface area contributed by atoms with Gasteiger partial charge in [0.15, 0.2) is 5.78 Å². The summed E-state index contributed by atoms with van der Waals surface area (Å²) in [6, 6.07) is 3.33. The van der Waals surface area contributed by atoms with Gasteiger partial charge >= 0.3 is 12.1 Å². The predicted octanol–water partition coefficient (Wildman–Crippen LogP) is 3.97. The average Bonchev–Trinajstić information content (AvgIpc) is 2.56. The molecule has 0 radical (unpaired) electrons. The highest BCUT2D eigenvalue weighted by Gasteiger charge is 2.44. The van der Waals surface area contributed by atoms with E-state index in [0.29, 0.717) is 5.56 Å². The predicted molar refractivity (Wildman–Crippen MR) is 84.9 cm³/mol. The first-order valence-corrected chi connectivity index (χ1v) is 8.43. The summed E-state index contributed by atoms with van der Waals surface area (Å²) < 4.78 is 43.4. The van der Waals surface area contributed by atoms with Gasteiger partial charge in [-0.3, -0.25) is 14.6 Å². The number of pyridine rings is 1. The zero-order valence-corrected chi connectivity index (χ0v) is 14.3. The van der Waals surface area contributed by atoms with E-state index in [1.54, 1.807) is 26.0 Å². The maximum absolute atomic E-state index is 12.8. The molecule has 0 spiro atoms. The molecular formula is C18H22F3NO3. The summed E-state index contributed by atoms with van der Waals surface area (Å²) >= 11 is 0. The number of alkyl halides is 3. The lowest BCUT2D eigenvalue weighted by Gasteiger charge is -2.30. The molecular weight excluding hydrogens is 335 g/mol. The number of Topliss-reactive ketones (excluding diaryl/α,β-unsaturated/α-hetero) is 1. The molecule has 2 rings (SSSR count). The van der Waals surface area contributed by atoms with Crippen molar-refractivity contribution in [1.29, 1.82) is 0 Å². The molecule has 4 nitrogen and oxygen atoms in total. The van der Waals surface area contributed by atoms with Gasteiger partial charge in [0.1, 0.15) is 5.92 Å². The largest absolute Gasteiger partial charge is 0.465 e. The first kappa shape index (κ1) is 19.4. The molecule has 1 saturated carbocycles. The third-order valence-electron chi connectivity index (χ3n) is 4.67. The minimum atomic E-state index is -4.23. The number of ketones is 1. The number of aryl methyl sites for hydroxylation is 1. The van der Waals surface area contributed by atoms with Crippen LogP contribution in [0.1, 0.15) is 49.8 Å². The summed E-state index contributed by atoms with van der Waals surface area (Å²) in [4.78, 5) is 29.2. The topological polar surface area (TPSA) is 56.3 Å². The second-order valence-corrected chi connectivity index (χ2v) is 6.41. The minimum absolute atomic E-state index is 0.0817. The van der Waals surface area contributed by atoms with Gasteiger partial charge in [0.25, 0.3) is 0 Å². The van der Waals surface area contributed by atoms with Crippen molar-refractivity contribution in [2.75, 3.05) is 6.61 Å². The van der Waals surface area contributed by atoms with Gasteiger partial charge in [0.2, 0.25) is 0 Å². The van der Waals surface area contributed by atoms with Crippen LogP contribution in [0.15, 0.2) is 18.3 Å².